The van der Waals surface area contributed by atoms with Crippen LogP contribution >= 0.6 is 11.6 Å². The molecule has 0 unspecified atom stereocenters. The van der Waals surface area contributed by atoms with Crippen LogP contribution in [0.4, 0.5) is 0 Å². The summed E-state index contributed by atoms with van der Waals surface area (Å²) in [6.45, 7) is 3.29. The van der Waals surface area contributed by atoms with E-state index in [1.807, 2.05) is 35.9 Å². The molecule has 198 valence electrons. The molecule has 2 heterocycles. The van der Waals surface area contributed by atoms with Crippen LogP contribution in [0.3, 0.4) is 0 Å². The number of carbonyl (C=O) groups excluding carboxylic acids is 2. The normalized spacial score (nSPS) is 13.2. The van der Waals surface area contributed by atoms with Gasteiger partial charge < -0.3 is 24.2 Å². The number of phenolic OH excluding ortho intramolecular Hbond substituents is 1. The van der Waals surface area contributed by atoms with Gasteiger partial charge in [-0.05, 0) is 51.3 Å². The molecular weight excluding hydrogens is 504 g/mol. The number of ether oxygens (including phenoxy) is 1. The number of imide groups is 1. The van der Waals surface area contributed by atoms with E-state index in [0.717, 1.165) is 37.1 Å². The van der Waals surface area contributed by atoms with Crippen LogP contribution in [0, 0.1) is 0 Å². The van der Waals surface area contributed by atoms with Crippen LogP contribution in [-0.2, 0) is 7.05 Å². The Morgan fingerprint density at radius 2 is 1.68 bits per heavy atom. The predicted molar refractivity (Wildman–Crippen MR) is 150 cm³/mol. The molecule has 8 nitrogen and oxygen atoms in total. The molecule has 0 saturated heterocycles. The lowest BCUT2D eigenvalue weighted by molar-refractivity contribution is 0.0880. The van der Waals surface area contributed by atoms with E-state index in [-0.39, 0.29) is 5.75 Å². The number of hydrogen-bond acceptors (Lipinski definition) is 6. The van der Waals surface area contributed by atoms with Crippen LogP contribution in [-0.4, -0.2) is 78.7 Å². The standard InChI is InChI=1S/C29H31ClN4O4/c1-32(2)11-12-33(3)10-7-13-38-24-16-21-19(15-23(24)35)25-22(34(21)4)14-18(17-8-5-6-9-20(17)30)26-27(25)29(37)31-28(26)36/h5-6,8-9,14-16,35H,7,10-13H2,1-4H3,(H,31,36,37). The highest BCUT2D eigenvalue weighted by Gasteiger charge is 2.34. The Hall–Kier alpha value is -3.59. The number of amides is 2. The van der Waals surface area contributed by atoms with E-state index in [0.29, 0.717) is 50.4 Å². The van der Waals surface area contributed by atoms with E-state index >= 15 is 0 Å². The number of halogens is 1. The number of phenols is 1. The first-order valence-corrected chi connectivity index (χ1v) is 12.9. The zero-order valence-electron chi connectivity index (χ0n) is 22.0. The van der Waals surface area contributed by atoms with Crippen LogP contribution in [0.5, 0.6) is 11.5 Å². The van der Waals surface area contributed by atoms with Crippen LogP contribution in [0.1, 0.15) is 27.1 Å². The average molecular weight is 535 g/mol. The third kappa shape index (κ3) is 4.60. The van der Waals surface area contributed by atoms with Crippen LogP contribution < -0.4 is 10.1 Å². The summed E-state index contributed by atoms with van der Waals surface area (Å²) < 4.78 is 7.91. The van der Waals surface area contributed by atoms with Crippen molar-refractivity contribution in [2.45, 2.75) is 6.42 Å². The Balaban J connectivity index is 1.54. The molecule has 1 aromatic heterocycles. The largest absolute Gasteiger partial charge is 0.504 e. The highest BCUT2D eigenvalue weighted by Crippen LogP contribution is 2.43. The predicted octanol–water partition coefficient (Wildman–Crippen LogP) is 4.50. The molecular formula is C29H31ClN4O4. The smallest absolute Gasteiger partial charge is 0.259 e. The first-order chi connectivity index (χ1) is 18.2. The number of nitrogens with one attached hydrogen (secondary N) is 1. The van der Waals surface area contributed by atoms with Crippen LogP contribution in [0.25, 0.3) is 32.9 Å². The number of hydrogen-bond donors (Lipinski definition) is 2. The fourth-order valence-corrected chi connectivity index (χ4v) is 5.31. The van der Waals surface area contributed by atoms with Gasteiger partial charge in [-0.2, -0.15) is 0 Å². The summed E-state index contributed by atoms with van der Waals surface area (Å²) in [5.74, 6) is -0.560. The lowest BCUT2D eigenvalue weighted by atomic mass is 9.93. The zero-order valence-corrected chi connectivity index (χ0v) is 22.7. The number of benzene rings is 3. The molecule has 0 fully saturated rings. The molecule has 0 spiro atoms. The quantitative estimate of drug-likeness (QED) is 0.243. The van der Waals surface area contributed by atoms with Crippen molar-refractivity contribution < 1.29 is 19.4 Å². The van der Waals surface area contributed by atoms with Crippen LogP contribution in [0.15, 0.2) is 42.5 Å². The maximum absolute atomic E-state index is 13.0. The molecule has 0 aliphatic carbocycles. The maximum Gasteiger partial charge on any atom is 0.259 e. The van der Waals surface area contributed by atoms with Gasteiger partial charge in [0.25, 0.3) is 11.8 Å². The number of aromatic hydroxyl groups is 1. The van der Waals surface area contributed by atoms with Gasteiger partial charge in [-0.1, -0.05) is 29.8 Å². The molecule has 4 aromatic rings. The van der Waals surface area contributed by atoms with Gasteiger partial charge in [-0.3, -0.25) is 14.9 Å². The van der Waals surface area contributed by atoms with Crippen molar-refractivity contribution in [2.24, 2.45) is 7.05 Å². The number of likely N-dealkylation sites (N-methyl/N-ethyl adjacent to an activating group) is 2. The van der Waals surface area contributed by atoms with Gasteiger partial charge in [0, 0.05) is 54.1 Å². The number of rotatable bonds is 9. The molecule has 9 heteroatoms. The minimum absolute atomic E-state index is 0.0142. The van der Waals surface area contributed by atoms with Gasteiger partial charge in [-0.15, -0.1) is 0 Å². The summed E-state index contributed by atoms with van der Waals surface area (Å²) in [7, 11) is 8.08. The van der Waals surface area contributed by atoms with Crippen molar-refractivity contribution in [3.8, 4) is 22.6 Å². The van der Waals surface area contributed by atoms with E-state index in [9.17, 15) is 14.7 Å². The topological polar surface area (TPSA) is 87.0 Å². The Bertz CT molecular complexity index is 1580. The van der Waals surface area contributed by atoms with E-state index in [1.54, 1.807) is 18.2 Å². The summed E-state index contributed by atoms with van der Waals surface area (Å²) in [5.41, 5.74) is 3.37. The first-order valence-electron chi connectivity index (χ1n) is 12.6. The fourth-order valence-electron chi connectivity index (χ4n) is 5.07. The Morgan fingerprint density at radius 3 is 2.42 bits per heavy atom. The summed E-state index contributed by atoms with van der Waals surface area (Å²) in [6.07, 6.45) is 0.813. The van der Waals surface area contributed by atoms with Crippen molar-refractivity contribution >= 4 is 45.2 Å². The third-order valence-corrected chi connectivity index (χ3v) is 7.42. The van der Waals surface area contributed by atoms with Crippen LogP contribution in [0.2, 0.25) is 5.02 Å². The summed E-state index contributed by atoms with van der Waals surface area (Å²) in [6, 6.07) is 12.5. The molecule has 2 amide bonds. The number of aryl methyl sites for hydroxylation is 1. The SMILES string of the molecule is CN(C)CCN(C)CCCOc1cc2c(cc1O)c1c3c(c(-c4ccccc4Cl)cc1n2C)C(=O)NC3=O. The lowest BCUT2D eigenvalue weighted by Crippen LogP contribution is -2.29. The Labute approximate surface area is 226 Å². The highest BCUT2D eigenvalue weighted by atomic mass is 35.5. The van der Waals surface area contributed by atoms with Crippen molar-refractivity contribution in [3.05, 3.63) is 58.6 Å². The summed E-state index contributed by atoms with van der Waals surface area (Å²) in [4.78, 5) is 30.3. The van der Waals surface area contributed by atoms with Gasteiger partial charge >= 0.3 is 0 Å². The Kier molecular flexibility index (Phi) is 7.05. The Morgan fingerprint density at radius 1 is 0.947 bits per heavy atom. The number of aromatic nitrogens is 1. The molecule has 0 radical (unpaired) electrons. The van der Waals surface area contributed by atoms with Gasteiger partial charge in [0.2, 0.25) is 0 Å². The third-order valence-electron chi connectivity index (χ3n) is 7.09. The van der Waals surface area contributed by atoms with Crippen molar-refractivity contribution in [2.75, 3.05) is 47.4 Å². The molecule has 1 aliphatic rings. The summed E-state index contributed by atoms with van der Waals surface area (Å²) >= 11 is 6.49. The maximum atomic E-state index is 13.0. The molecule has 0 atom stereocenters. The second-order valence-corrected chi connectivity index (χ2v) is 10.4. The minimum Gasteiger partial charge on any atom is -0.504 e. The van der Waals surface area contributed by atoms with E-state index in [1.165, 1.54) is 0 Å². The van der Waals surface area contributed by atoms with E-state index in [2.05, 4.69) is 36.3 Å². The second kappa shape index (κ2) is 10.3. The van der Waals surface area contributed by atoms with E-state index in [4.69, 9.17) is 16.3 Å². The molecule has 1 aliphatic heterocycles. The van der Waals surface area contributed by atoms with E-state index < -0.39 is 11.8 Å². The summed E-state index contributed by atoms with van der Waals surface area (Å²) in [5, 5.41) is 15.0. The minimum atomic E-state index is -0.463. The molecule has 0 bridgehead atoms. The van der Waals surface area contributed by atoms with Gasteiger partial charge in [0.05, 0.1) is 28.8 Å². The molecule has 0 saturated carbocycles. The average Bonchev–Trinajstić information content (AvgIpc) is 3.32. The highest BCUT2D eigenvalue weighted by molar-refractivity contribution is 6.36. The van der Waals surface area contributed by atoms with Gasteiger partial charge in [0.15, 0.2) is 11.5 Å². The molecule has 38 heavy (non-hydrogen) atoms. The lowest BCUT2D eigenvalue weighted by Gasteiger charge is -2.19. The van der Waals surface area contributed by atoms with Crippen molar-refractivity contribution in [3.63, 3.8) is 0 Å². The molecule has 5 rings (SSSR count). The van der Waals surface area contributed by atoms with Gasteiger partial charge in [0.1, 0.15) is 0 Å². The number of fused-ring (bicyclic) bond motifs is 5. The number of carbonyl (C=O) groups is 2. The first kappa shape index (κ1) is 26.0. The zero-order chi connectivity index (χ0) is 27.1. The van der Waals surface area contributed by atoms with Gasteiger partial charge in [-0.25, -0.2) is 0 Å². The number of nitrogens with zero attached hydrogens (tertiary/aromatic N) is 3. The second-order valence-electron chi connectivity index (χ2n) is 10.0. The van der Waals surface area contributed by atoms with Crippen molar-refractivity contribution in [1.29, 1.82) is 0 Å². The molecule has 3 aromatic carbocycles. The fraction of sp³-hybridized carbons (Fsp3) is 0.310. The molecule has 2 N–H and O–H groups in total. The monoisotopic (exact) mass is 534 g/mol. The van der Waals surface area contributed by atoms with Crippen molar-refractivity contribution in [1.82, 2.24) is 19.7 Å².